The van der Waals surface area contributed by atoms with Crippen molar-refractivity contribution in [2.45, 2.75) is 27.7 Å². The van der Waals surface area contributed by atoms with Crippen LogP contribution in [0.2, 0.25) is 0 Å². The zero-order valence-electron chi connectivity index (χ0n) is 19.7. The first-order chi connectivity index (χ1) is 14.9. The molecule has 0 N–H and O–H groups in total. The lowest BCUT2D eigenvalue weighted by Crippen LogP contribution is -2.23. The van der Waals surface area contributed by atoms with Crippen LogP contribution in [0.25, 0.3) is 6.08 Å². The molecule has 2 heteroatoms. The highest BCUT2D eigenvalue weighted by molar-refractivity contribution is 6.04. The van der Waals surface area contributed by atoms with E-state index in [9.17, 15) is 0 Å². The fourth-order valence-corrected chi connectivity index (χ4v) is 4.06. The Bertz CT molecular complexity index is 927. The van der Waals surface area contributed by atoms with Crippen molar-refractivity contribution in [3.63, 3.8) is 0 Å². The fourth-order valence-electron chi connectivity index (χ4n) is 4.06. The molecule has 1 aromatic rings. The summed E-state index contributed by atoms with van der Waals surface area (Å²) >= 11 is 0. The molecule has 0 saturated carbocycles. The third-order valence-corrected chi connectivity index (χ3v) is 5.57. The summed E-state index contributed by atoms with van der Waals surface area (Å²) in [5.41, 5.74) is 10.1. The van der Waals surface area contributed by atoms with Gasteiger partial charge in [-0.25, -0.2) is 4.58 Å². The van der Waals surface area contributed by atoms with E-state index in [1.807, 2.05) is 24.3 Å². The van der Waals surface area contributed by atoms with Gasteiger partial charge < -0.3 is 4.90 Å². The number of allylic oxidation sites excluding steroid dienone is 5. The molecule has 0 heterocycles. The van der Waals surface area contributed by atoms with Crippen LogP contribution in [-0.2, 0) is 0 Å². The van der Waals surface area contributed by atoms with Gasteiger partial charge in [0.05, 0.1) is 0 Å². The summed E-state index contributed by atoms with van der Waals surface area (Å²) in [5.74, 6) is 0. The van der Waals surface area contributed by atoms with Crippen molar-refractivity contribution in [3.8, 4) is 0 Å². The molecule has 1 aliphatic rings. The number of benzene rings is 1. The van der Waals surface area contributed by atoms with Gasteiger partial charge in [-0.3, -0.25) is 0 Å². The third-order valence-electron chi connectivity index (χ3n) is 5.57. The van der Waals surface area contributed by atoms with Crippen LogP contribution in [0, 0.1) is 13.8 Å². The van der Waals surface area contributed by atoms with E-state index >= 15 is 0 Å². The Morgan fingerprint density at radius 3 is 1.68 bits per heavy atom. The molecule has 1 aliphatic carbocycles. The van der Waals surface area contributed by atoms with Gasteiger partial charge in [0.2, 0.25) is 5.71 Å². The molecule has 0 radical (unpaired) electrons. The molecule has 0 saturated heterocycles. The van der Waals surface area contributed by atoms with Gasteiger partial charge >= 0.3 is 0 Å². The summed E-state index contributed by atoms with van der Waals surface area (Å²) < 4.78 is 2.28. The molecule has 0 unspecified atom stereocenters. The van der Waals surface area contributed by atoms with Crippen LogP contribution >= 0.6 is 0 Å². The van der Waals surface area contributed by atoms with Gasteiger partial charge in [0.15, 0.2) is 13.1 Å². The normalized spacial score (nSPS) is 13.2. The van der Waals surface area contributed by atoms with Crippen molar-refractivity contribution in [1.82, 2.24) is 0 Å². The SMILES string of the molecule is C=CCN(CC=C)c1cc(C)c(C=C2C(C)=CC(=[N+](CC=C)CC=C)C=C2C)c(C)c1. The average molecular weight is 414 g/mol. The van der Waals surface area contributed by atoms with E-state index in [1.165, 1.54) is 44.8 Å². The molecule has 0 bridgehead atoms. The van der Waals surface area contributed by atoms with Crippen molar-refractivity contribution in [2.75, 3.05) is 31.1 Å². The van der Waals surface area contributed by atoms with Gasteiger partial charge in [0.1, 0.15) is 0 Å². The monoisotopic (exact) mass is 413 g/mol. The van der Waals surface area contributed by atoms with Crippen molar-refractivity contribution in [3.05, 3.63) is 108 Å². The minimum atomic E-state index is 0.805. The highest BCUT2D eigenvalue weighted by Gasteiger charge is 2.18. The minimum absolute atomic E-state index is 0.805. The second-order valence-electron chi connectivity index (χ2n) is 8.10. The maximum atomic E-state index is 3.89. The lowest BCUT2D eigenvalue weighted by Gasteiger charge is -2.24. The summed E-state index contributed by atoms with van der Waals surface area (Å²) in [6, 6.07) is 4.53. The summed E-state index contributed by atoms with van der Waals surface area (Å²) in [5, 5.41) is 0. The smallest absolute Gasteiger partial charge is 0.200 e. The Morgan fingerprint density at radius 2 is 1.26 bits per heavy atom. The number of rotatable bonds is 10. The molecule has 0 atom stereocenters. The first-order valence-electron chi connectivity index (χ1n) is 10.9. The zero-order chi connectivity index (χ0) is 23.0. The van der Waals surface area contributed by atoms with Crippen LogP contribution in [0.5, 0.6) is 0 Å². The first kappa shape index (κ1) is 24.1. The van der Waals surface area contributed by atoms with Crippen LogP contribution in [0.3, 0.4) is 0 Å². The predicted molar refractivity (Wildman–Crippen MR) is 139 cm³/mol. The van der Waals surface area contributed by atoms with E-state index in [0.29, 0.717) is 0 Å². The van der Waals surface area contributed by atoms with E-state index in [2.05, 4.69) is 93.8 Å². The Hall–Kier alpha value is -3.13. The largest absolute Gasteiger partial charge is 0.364 e. The Kier molecular flexibility index (Phi) is 8.81. The number of nitrogens with zero attached hydrogens (tertiary/aromatic N) is 2. The predicted octanol–water partition coefficient (Wildman–Crippen LogP) is 6.60. The maximum Gasteiger partial charge on any atom is 0.200 e. The molecular formula is C29H37N2+. The molecule has 0 spiro atoms. The van der Waals surface area contributed by atoms with E-state index in [0.717, 1.165) is 26.2 Å². The van der Waals surface area contributed by atoms with Crippen molar-refractivity contribution in [2.24, 2.45) is 0 Å². The van der Waals surface area contributed by atoms with Crippen molar-refractivity contribution >= 4 is 17.5 Å². The molecule has 1 aromatic carbocycles. The van der Waals surface area contributed by atoms with Gasteiger partial charge in [0, 0.05) is 30.9 Å². The molecule has 0 aliphatic heterocycles. The summed E-state index contributed by atoms with van der Waals surface area (Å²) in [6.45, 7) is 27.6. The van der Waals surface area contributed by atoms with Crippen LogP contribution in [0.15, 0.2) is 91.6 Å². The molecular weight excluding hydrogens is 376 g/mol. The van der Waals surface area contributed by atoms with Crippen LogP contribution in [-0.4, -0.2) is 36.5 Å². The molecule has 31 heavy (non-hydrogen) atoms. The molecule has 2 nitrogen and oxygen atoms in total. The summed E-state index contributed by atoms with van der Waals surface area (Å²) in [4.78, 5) is 2.28. The average Bonchev–Trinajstić information content (AvgIpc) is 2.71. The maximum absolute atomic E-state index is 3.89. The Labute approximate surface area is 189 Å². The minimum Gasteiger partial charge on any atom is -0.364 e. The van der Waals surface area contributed by atoms with Gasteiger partial charge in [-0.15, -0.1) is 13.2 Å². The molecule has 2 rings (SSSR count). The Balaban J connectivity index is 2.49. The van der Waals surface area contributed by atoms with Gasteiger partial charge in [-0.1, -0.05) is 25.3 Å². The molecule has 0 amide bonds. The number of anilines is 1. The van der Waals surface area contributed by atoms with E-state index < -0.39 is 0 Å². The van der Waals surface area contributed by atoms with E-state index in [1.54, 1.807) is 0 Å². The molecule has 0 aromatic heterocycles. The molecule has 162 valence electrons. The highest BCUT2D eigenvalue weighted by Crippen LogP contribution is 2.30. The van der Waals surface area contributed by atoms with Crippen LogP contribution in [0.4, 0.5) is 5.69 Å². The van der Waals surface area contributed by atoms with E-state index in [4.69, 9.17) is 0 Å². The lowest BCUT2D eigenvalue weighted by atomic mass is 9.89. The third kappa shape index (κ3) is 5.95. The standard InChI is InChI=1S/C29H37N2/c1-9-13-30(14-10-2)26-17-22(5)28(23(6)18-26)21-29-24(7)19-27(20-25(29)8)31(15-11-3)16-12-4/h9-12,17-21H,1-4,13-16H2,5-8H3/q+1. The Morgan fingerprint density at radius 1 is 0.774 bits per heavy atom. The fraction of sp³-hybridized carbons (Fsp3) is 0.276. The zero-order valence-corrected chi connectivity index (χ0v) is 19.7. The van der Waals surface area contributed by atoms with Crippen molar-refractivity contribution in [1.29, 1.82) is 0 Å². The summed E-state index contributed by atoms with van der Waals surface area (Å²) in [6.07, 6.45) is 14.6. The second kappa shape index (κ2) is 11.3. The quantitative estimate of drug-likeness (QED) is 0.309. The topological polar surface area (TPSA) is 6.25 Å². The number of aryl methyl sites for hydroxylation is 2. The molecule has 0 fully saturated rings. The first-order valence-corrected chi connectivity index (χ1v) is 10.9. The summed E-state index contributed by atoms with van der Waals surface area (Å²) in [7, 11) is 0. The van der Waals surface area contributed by atoms with Crippen LogP contribution < -0.4 is 4.90 Å². The van der Waals surface area contributed by atoms with Crippen LogP contribution in [0.1, 0.15) is 30.5 Å². The lowest BCUT2D eigenvalue weighted by molar-refractivity contribution is -0.505. The van der Waals surface area contributed by atoms with Crippen molar-refractivity contribution < 1.29 is 4.58 Å². The van der Waals surface area contributed by atoms with Gasteiger partial charge in [0.25, 0.3) is 0 Å². The van der Waals surface area contributed by atoms with Gasteiger partial charge in [-0.2, -0.15) is 0 Å². The number of hydrogen-bond donors (Lipinski definition) is 0. The van der Waals surface area contributed by atoms with E-state index in [-0.39, 0.29) is 0 Å². The highest BCUT2D eigenvalue weighted by atomic mass is 15.1. The number of hydrogen-bond acceptors (Lipinski definition) is 1. The second-order valence-corrected chi connectivity index (χ2v) is 8.10. The van der Waals surface area contributed by atoms with Gasteiger partial charge in [-0.05, 0) is 91.5 Å².